The van der Waals surface area contributed by atoms with E-state index in [1.165, 1.54) is 21.3 Å². The molecule has 0 heterocycles. The predicted octanol–water partition coefficient (Wildman–Crippen LogP) is -0.783. The van der Waals surface area contributed by atoms with Crippen LogP contribution in [0.3, 0.4) is 0 Å². The summed E-state index contributed by atoms with van der Waals surface area (Å²) in [4.78, 5) is 0. The van der Waals surface area contributed by atoms with Crippen molar-refractivity contribution in [1.82, 2.24) is 0 Å². The molecule has 0 saturated carbocycles. The second kappa shape index (κ2) is 5.90. The maximum Gasteiger partial charge on any atom is 0.506 e. The number of hydrogen-bond donors (Lipinski definition) is 3. The molecule has 6 nitrogen and oxygen atoms in total. The topological polar surface area (TPSA) is 106 Å². The van der Waals surface area contributed by atoms with Crippen molar-refractivity contribution in [3.63, 3.8) is 0 Å². The highest BCUT2D eigenvalue weighted by Gasteiger charge is 2.53. The van der Waals surface area contributed by atoms with E-state index >= 15 is 0 Å². The Kier molecular flexibility index (Phi) is 5.89. The number of hydrogen-bond acceptors (Lipinski definition) is 6. The van der Waals surface area contributed by atoms with Crippen LogP contribution in [0.5, 0.6) is 0 Å². The number of nitrogens with two attached hydrogens (primary N) is 3. The largest absolute Gasteiger partial charge is 0.506 e. The van der Waals surface area contributed by atoms with Gasteiger partial charge in [0.25, 0.3) is 0 Å². The van der Waals surface area contributed by atoms with E-state index in [2.05, 4.69) is 0 Å². The standard InChI is InChI=1S/C8H23N3O3Si/c1-5-7(8(10,11)6-9)15(12-2,13-3)14-4/h7H,5-6,9-11H2,1-4H3. The van der Waals surface area contributed by atoms with Crippen LogP contribution in [-0.2, 0) is 13.3 Å². The zero-order valence-electron chi connectivity index (χ0n) is 9.95. The molecule has 0 bridgehead atoms. The third-order valence-corrected chi connectivity index (χ3v) is 6.20. The zero-order chi connectivity index (χ0) is 12.1. The third kappa shape index (κ3) is 2.97. The summed E-state index contributed by atoms with van der Waals surface area (Å²) in [5.41, 5.74) is 16.1. The van der Waals surface area contributed by atoms with E-state index in [4.69, 9.17) is 30.5 Å². The molecule has 1 atom stereocenters. The summed E-state index contributed by atoms with van der Waals surface area (Å²) >= 11 is 0. The van der Waals surface area contributed by atoms with Crippen LogP contribution in [0, 0.1) is 0 Å². The Morgan fingerprint density at radius 2 is 1.53 bits per heavy atom. The molecule has 0 aromatic rings. The molecule has 7 heteroatoms. The summed E-state index contributed by atoms with van der Waals surface area (Å²) in [5, 5.41) is 0. The van der Waals surface area contributed by atoms with Gasteiger partial charge in [0.05, 0.1) is 11.2 Å². The van der Waals surface area contributed by atoms with Gasteiger partial charge in [0, 0.05) is 27.9 Å². The Balaban J connectivity index is 5.06. The summed E-state index contributed by atoms with van der Waals surface area (Å²) in [6.07, 6.45) is 0.686. The van der Waals surface area contributed by atoms with Crippen LogP contribution in [0.2, 0.25) is 5.54 Å². The molecule has 6 N–H and O–H groups in total. The highest BCUT2D eigenvalue weighted by molar-refractivity contribution is 6.62. The molecular formula is C8H23N3O3Si. The fraction of sp³-hybridized carbons (Fsp3) is 1.00. The molecule has 0 aliphatic rings. The van der Waals surface area contributed by atoms with E-state index in [1.54, 1.807) is 0 Å². The summed E-state index contributed by atoms with van der Waals surface area (Å²) < 4.78 is 16.1. The van der Waals surface area contributed by atoms with Gasteiger partial charge in [-0.2, -0.15) is 0 Å². The van der Waals surface area contributed by atoms with Gasteiger partial charge in [-0.1, -0.05) is 6.92 Å². The van der Waals surface area contributed by atoms with Crippen molar-refractivity contribution in [3.8, 4) is 0 Å². The minimum atomic E-state index is -2.83. The maximum absolute atomic E-state index is 5.93. The molecule has 0 spiro atoms. The van der Waals surface area contributed by atoms with Crippen molar-refractivity contribution >= 4 is 8.80 Å². The van der Waals surface area contributed by atoms with Crippen LogP contribution in [0.25, 0.3) is 0 Å². The van der Waals surface area contributed by atoms with Crippen LogP contribution >= 0.6 is 0 Å². The molecular weight excluding hydrogens is 214 g/mol. The smallest absolute Gasteiger partial charge is 0.377 e. The summed E-state index contributed by atoms with van der Waals surface area (Å²) in [5.74, 6) is 0. The van der Waals surface area contributed by atoms with E-state index in [1.807, 2.05) is 6.92 Å². The van der Waals surface area contributed by atoms with Gasteiger partial charge in [-0.05, 0) is 6.42 Å². The van der Waals surface area contributed by atoms with Crippen molar-refractivity contribution in [2.24, 2.45) is 17.2 Å². The Morgan fingerprint density at radius 1 is 1.13 bits per heavy atom. The fourth-order valence-corrected chi connectivity index (χ4v) is 4.41. The van der Waals surface area contributed by atoms with Crippen LogP contribution < -0.4 is 17.2 Å². The Bertz CT molecular complexity index is 180. The average Bonchev–Trinajstić information content (AvgIpc) is 2.25. The maximum atomic E-state index is 5.93. The lowest BCUT2D eigenvalue weighted by molar-refractivity contribution is 0.0966. The predicted molar refractivity (Wildman–Crippen MR) is 61.0 cm³/mol. The average molecular weight is 237 g/mol. The van der Waals surface area contributed by atoms with Crippen molar-refractivity contribution in [3.05, 3.63) is 0 Å². The quantitative estimate of drug-likeness (QED) is 0.396. The van der Waals surface area contributed by atoms with Crippen LogP contribution in [0.4, 0.5) is 0 Å². The normalized spacial score (nSPS) is 15.4. The molecule has 0 amide bonds. The molecule has 0 saturated heterocycles. The molecule has 0 fully saturated rings. The Morgan fingerprint density at radius 3 is 1.73 bits per heavy atom. The van der Waals surface area contributed by atoms with Gasteiger partial charge in [0.1, 0.15) is 0 Å². The molecule has 0 aromatic carbocycles. The second-order valence-electron chi connectivity index (χ2n) is 3.49. The van der Waals surface area contributed by atoms with Crippen molar-refractivity contribution in [1.29, 1.82) is 0 Å². The zero-order valence-corrected chi connectivity index (χ0v) is 10.9. The molecule has 0 rings (SSSR count). The van der Waals surface area contributed by atoms with Crippen LogP contribution in [-0.4, -0.2) is 42.3 Å². The van der Waals surface area contributed by atoms with Gasteiger partial charge in [-0.25, -0.2) is 0 Å². The molecule has 0 aliphatic heterocycles. The fourth-order valence-electron chi connectivity index (χ4n) is 1.78. The molecule has 0 aromatic heterocycles. The van der Waals surface area contributed by atoms with E-state index in [9.17, 15) is 0 Å². The van der Waals surface area contributed by atoms with Gasteiger partial charge in [-0.15, -0.1) is 0 Å². The lowest BCUT2D eigenvalue weighted by Crippen LogP contribution is -2.67. The molecule has 0 radical (unpaired) electrons. The van der Waals surface area contributed by atoms with E-state index < -0.39 is 14.5 Å². The van der Waals surface area contributed by atoms with E-state index in [-0.39, 0.29) is 12.1 Å². The molecule has 92 valence electrons. The molecule has 0 aliphatic carbocycles. The Hall–Kier alpha value is -0.0231. The summed E-state index contributed by atoms with van der Waals surface area (Å²) in [7, 11) is 1.78. The first-order valence-electron chi connectivity index (χ1n) is 4.87. The molecule has 1 unspecified atom stereocenters. The first kappa shape index (κ1) is 15.0. The first-order valence-corrected chi connectivity index (χ1v) is 6.67. The molecule has 15 heavy (non-hydrogen) atoms. The summed E-state index contributed by atoms with van der Waals surface area (Å²) in [6.45, 7) is 2.10. The van der Waals surface area contributed by atoms with Gasteiger partial charge in [-0.3, -0.25) is 0 Å². The lowest BCUT2D eigenvalue weighted by atomic mass is 10.1. The summed E-state index contributed by atoms with van der Waals surface area (Å²) in [6, 6.07) is 0. The highest BCUT2D eigenvalue weighted by atomic mass is 28.4. The number of rotatable bonds is 7. The van der Waals surface area contributed by atoms with Gasteiger partial charge < -0.3 is 30.5 Å². The van der Waals surface area contributed by atoms with Crippen LogP contribution in [0.15, 0.2) is 0 Å². The van der Waals surface area contributed by atoms with Crippen molar-refractivity contribution in [2.45, 2.75) is 24.5 Å². The SMILES string of the molecule is CCC(C(N)(N)CN)[Si](OC)(OC)OC. The van der Waals surface area contributed by atoms with Crippen LogP contribution in [0.1, 0.15) is 13.3 Å². The van der Waals surface area contributed by atoms with Gasteiger partial charge >= 0.3 is 8.80 Å². The Labute approximate surface area is 92.4 Å². The third-order valence-electron chi connectivity index (χ3n) is 2.69. The van der Waals surface area contributed by atoms with Gasteiger partial charge in [0.2, 0.25) is 0 Å². The van der Waals surface area contributed by atoms with Crippen molar-refractivity contribution in [2.75, 3.05) is 27.9 Å². The highest BCUT2D eigenvalue weighted by Crippen LogP contribution is 2.32. The monoisotopic (exact) mass is 237 g/mol. The van der Waals surface area contributed by atoms with E-state index in [0.717, 1.165) is 0 Å². The van der Waals surface area contributed by atoms with Gasteiger partial charge in [0.15, 0.2) is 0 Å². The minimum Gasteiger partial charge on any atom is -0.377 e. The first-order chi connectivity index (χ1) is 6.94. The van der Waals surface area contributed by atoms with Crippen molar-refractivity contribution < 1.29 is 13.3 Å². The van der Waals surface area contributed by atoms with E-state index in [0.29, 0.717) is 6.42 Å². The second-order valence-corrected chi connectivity index (χ2v) is 6.62. The minimum absolute atomic E-state index is 0.149. The lowest BCUT2D eigenvalue weighted by Gasteiger charge is -2.40.